The lowest BCUT2D eigenvalue weighted by atomic mass is 10.0. The number of rotatable bonds is 4. The fraction of sp³-hybridized carbons (Fsp3) is 0.286. The molecule has 0 radical (unpaired) electrons. The van der Waals surface area contributed by atoms with Crippen LogP contribution in [0.3, 0.4) is 0 Å². The van der Waals surface area contributed by atoms with Gasteiger partial charge in [0.2, 0.25) is 5.56 Å². The van der Waals surface area contributed by atoms with Gasteiger partial charge in [-0.1, -0.05) is 13.8 Å². The molecular formula is C14H17ClN2O3. The zero-order chi connectivity index (χ0) is 14.0. The third-order valence-electron chi connectivity index (χ3n) is 2.84. The first-order chi connectivity index (χ1) is 8.99. The Hall–Kier alpha value is -1.85. The van der Waals surface area contributed by atoms with Gasteiger partial charge < -0.3 is 15.4 Å². The van der Waals surface area contributed by atoms with Crippen LogP contribution < -0.4 is 10.9 Å². The molecule has 1 aromatic carbocycles. The van der Waals surface area contributed by atoms with Crippen LogP contribution >= 0.6 is 12.4 Å². The maximum absolute atomic E-state index is 12.1. The summed E-state index contributed by atoms with van der Waals surface area (Å²) in [4.78, 5) is 25.9. The number of nitrogens with one attached hydrogen (secondary N) is 2. The lowest BCUT2D eigenvalue weighted by Crippen LogP contribution is -2.29. The predicted octanol–water partition coefficient (Wildman–Crippen LogP) is 1.84. The Morgan fingerprint density at radius 1 is 1.30 bits per heavy atom. The van der Waals surface area contributed by atoms with Crippen LogP contribution in [0.5, 0.6) is 5.75 Å². The van der Waals surface area contributed by atoms with E-state index in [1.165, 1.54) is 12.1 Å². The fourth-order valence-corrected chi connectivity index (χ4v) is 1.87. The quantitative estimate of drug-likeness (QED) is 0.752. The highest BCUT2D eigenvalue weighted by atomic mass is 35.5. The highest BCUT2D eigenvalue weighted by Gasteiger charge is 2.13. The molecule has 20 heavy (non-hydrogen) atoms. The number of aromatic amines is 1. The van der Waals surface area contributed by atoms with Crippen molar-refractivity contribution < 1.29 is 9.90 Å². The molecule has 2 aromatic rings. The van der Waals surface area contributed by atoms with Gasteiger partial charge in [0.1, 0.15) is 5.75 Å². The van der Waals surface area contributed by atoms with Crippen LogP contribution in [-0.2, 0) is 0 Å². The summed E-state index contributed by atoms with van der Waals surface area (Å²) in [6.45, 7) is 4.13. The molecule has 0 spiro atoms. The van der Waals surface area contributed by atoms with Gasteiger partial charge in [0.15, 0.2) is 5.78 Å². The Labute approximate surface area is 122 Å². The molecule has 0 aliphatic rings. The first-order valence-corrected chi connectivity index (χ1v) is 6.10. The number of pyridine rings is 1. The maximum Gasteiger partial charge on any atom is 0.248 e. The van der Waals surface area contributed by atoms with Gasteiger partial charge >= 0.3 is 0 Å². The summed E-state index contributed by atoms with van der Waals surface area (Å²) in [5.41, 5.74) is 0.466. The van der Waals surface area contributed by atoms with E-state index in [1.54, 1.807) is 12.1 Å². The van der Waals surface area contributed by atoms with Gasteiger partial charge in [0, 0.05) is 23.1 Å². The van der Waals surface area contributed by atoms with Gasteiger partial charge in [-0.15, -0.1) is 12.4 Å². The molecule has 1 heterocycles. The van der Waals surface area contributed by atoms with Crippen LogP contribution in [0.4, 0.5) is 0 Å². The number of hydrogen-bond acceptors (Lipinski definition) is 4. The number of Topliss-reactive ketones (excluding diaryl/α,β-unsaturated/α-hetero) is 1. The topological polar surface area (TPSA) is 82.2 Å². The zero-order valence-corrected chi connectivity index (χ0v) is 12.1. The van der Waals surface area contributed by atoms with Crippen molar-refractivity contribution in [2.75, 3.05) is 6.54 Å². The molecule has 2 rings (SSSR count). The molecule has 0 fully saturated rings. The van der Waals surface area contributed by atoms with Gasteiger partial charge in [-0.25, -0.2) is 0 Å². The summed E-state index contributed by atoms with van der Waals surface area (Å²) < 4.78 is 0. The van der Waals surface area contributed by atoms with Gasteiger partial charge in [-0.3, -0.25) is 9.59 Å². The normalized spacial score (nSPS) is 10.6. The van der Waals surface area contributed by atoms with E-state index in [2.05, 4.69) is 10.3 Å². The van der Waals surface area contributed by atoms with E-state index < -0.39 is 0 Å². The highest BCUT2D eigenvalue weighted by Crippen LogP contribution is 2.24. The van der Waals surface area contributed by atoms with Crippen LogP contribution in [0.2, 0.25) is 0 Å². The number of halogens is 1. The molecule has 0 aliphatic heterocycles. The summed E-state index contributed by atoms with van der Waals surface area (Å²) in [6, 6.07) is 6.10. The molecule has 0 aliphatic carbocycles. The minimum atomic E-state index is -0.312. The van der Waals surface area contributed by atoms with E-state index in [0.29, 0.717) is 16.5 Å². The second-order valence-corrected chi connectivity index (χ2v) is 4.70. The molecule has 0 saturated carbocycles. The number of phenols is 1. The molecule has 5 nitrogen and oxygen atoms in total. The first-order valence-electron chi connectivity index (χ1n) is 6.10. The van der Waals surface area contributed by atoms with Crippen molar-refractivity contribution in [2.45, 2.75) is 19.9 Å². The van der Waals surface area contributed by atoms with Crippen LogP contribution in [0.15, 0.2) is 29.1 Å². The van der Waals surface area contributed by atoms with Gasteiger partial charge in [-0.05, 0) is 18.2 Å². The van der Waals surface area contributed by atoms with Gasteiger partial charge in [0.05, 0.1) is 12.1 Å². The lowest BCUT2D eigenvalue weighted by Gasteiger charge is -2.09. The van der Waals surface area contributed by atoms with Crippen LogP contribution in [-0.4, -0.2) is 28.5 Å². The number of aromatic hydroxyl groups is 1. The van der Waals surface area contributed by atoms with E-state index >= 15 is 0 Å². The fourth-order valence-electron chi connectivity index (χ4n) is 1.87. The number of H-pyrrole nitrogens is 1. The number of phenolic OH excluding ortho intramolecular Hbond substituents is 1. The number of benzene rings is 1. The molecule has 0 unspecified atom stereocenters. The molecule has 3 N–H and O–H groups in total. The smallest absolute Gasteiger partial charge is 0.248 e. The Morgan fingerprint density at radius 3 is 2.65 bits per heavy atom. The summed E-state index contributed by atoms with van der Waals surface area (Å²) in [7, 11) is 0. The van der Waals surface area contributed by atoms with Crippen molar-refractivity contribution in [1.29, 1.82) is 0 Å². The van der Waals surface area contributed by atoms with E-state index in [-0.39, 0.29) is 42.1 Å². The molecule has 0 atom stereocenters. The van der Waals surface area contributed by atoms with Crippen molar-refractivity contribution in [3.63, 3.8) is 0 Å². The van der Waals surface area contributed by atoms with Crippen molar-refractivity contribution >= 4 is 29.1 Å². The molecular weight excluding hydrogens is 280 g/mol. The molecule has 0 saturated heterocycles. The molecule has 108 valence electrons. The van der Waals surface area contributed by atoms with Crippen LogP contribution in [0.1, 0.15) is 24.2 Å². The average molecular weight is 297 g/mol. The van der Waals surface area contributed by atoms with Gasteiger partial charge in [-0.2, -0.15) is 0 Å². The van der Waals surface area contributed by atoms with Gasteiger partial charge in [0.25, 0.3) is 0 Å². The minimum Gasteiger partial charge on any atom is -0.506 e. The zero-order valence-electron chi connectivity index (χ0n) is 11.3. The number of ketones is 1. The number of carbonyl (C=O) groups excluding carboxylic acids is 1. The summed E-state index contributed by atoms with van der Waals surface area (Å²) in [5, 5.41) is 13.3. The Bertz CT molecular complexity index is 680. The lowest BCUT2D eigenvalue weighted by molar-refractivity contribution is 0.0990. The second kappa shape index (κ2) is 6.54. The van der Waals surface area contributed by atoms with E-state index in [1.807, 2.05) is 13.8 Å². The molecule has 6 heteroatoms. The monoisotopic (exact) mass is 296 g/mol. The maximum atomic E-state index is 12.1. The molecule has 1 aromatic heterocycles. The number of hydrogen-bond donors (Lipinski definition) is 3. The average Bonchev–Trinajstić information content (AvgIpc) is 2.37. The van der Waals surface area contributed by atoms with Crippen molar-refractivity contribution in [3.8, 4) is 5.75 Å². The third kappa shape index (κ3) is 3.37. The second-order valence-electron chi connectivity index (χ2n) is 4.70. The van der Waals surface area contributed by atoms with Crippen LogP contribution in [0.25, 0.3) is 10.9 Å². The van der Waals surface area contributed by atoms with Crippen molar-refractivity contribution in [3.05, 3.63) is 40.2 Å². The molecule has 0 bridgehead atoms. The Morgan fingerprint density at radius 2 is 2.00 bits per heavy atom. The van der Waals surface area contributed by atoms with E-state index in [0.717, 1.165) is 0 Å². The number of carbonyl (C=O) groups is 1. The van der Waals surface area contributed by atoms with Crippen molar-refractivity contribution in [1.82, 2.24) is 10.3 Å². The van der Waals surface area contributed by atoms with E-state index in [4.69, 9.17) is 0 Å². The standard InChI is InChI=1S/C14H16N2O3.ClH/c1-8(2)15-7-12(18)9-3-5-11(17)14-10(9)4-6-13(19)16-14;/h3-6,8,15,17H,7H2,1-2H3,(H,16,19);1H. The Balaban J connectivity index is 0.00000200. The number of aromatic nitrogens is 1. The first kappa shape index (κ1) is 16.2. The molecule has 0 amide bonds. The summed E-state index contributed by atoms with van der Waals surface area (Å²) in [6.07, 6.45) is 0. The van der Waals surface area contributed by atoms with Crippen LogP contribution in [0, 0.1) is 0 Å². The van der Waals surface area contributed by atoms with Crippen molar-refractivity contribution in [2.24, 2.45) is 0 Å². The SMILES string of the molecule is CC(C)NCC(=O)c1ccc(O)c2[nH]c(=O)ccc12.Cl. The number of fused-ring (bicyclic) bond motifs is 1. The third-order valence-corrected chi connectivity index (χ3v) is 2.84. The highest BCUT2D eigenvalue weighted by molar-refractivity contribution is 6.09. The predicted molar refractivity (Wildman–Crippen MR) is 81.0 cm³/mol. The summed E-state index contributed by atoms with van der Waals surface area (Å²) >= 11 is 0. The summed E-state index contributed by atoms with van der Waals surface area (Å²) in [5.74, 6) is -0.119. The largest absolute Gasteiger partial charge is 0.506 e. The minimum absolute atomic E-state index is 0. The van der Waals surface area contributed by atoms with E-state index in [9.17, 15) is 14.7 Å². The Kier molecular flexibility index (Phi) is 5.30.